The Morgan fingerprint density at radius 3 is 2.38 bits per heavy atom. The number of rotatable bonds is 6. The molecule has 2 unspecified atom stereocenters. The van der Waals surface area contributed by atoms with Crippen molar-refractivity contribution < 1.29 is 5.11 Å². The molecule has 0 aromatic rings. The molecular formula is C18H36N2O. The summed E-state index contributed by atoms with van der Waals surface area (Å²) in [6.45, 7) is 8.51. The zero-order chi connectivity index (χ0) is 15.1. The van der Waals surface area contributed by atoms with Crippen LogP contribution in [0.4, 0.5) is 0 Å². The summed E-state index contributed by atoms with van der Waals surface area (Å²) < 4.78 is 0. The summed E-state index contributed by atoms with van der Waals surface area (Å²) in [5, 5.41) is 13.7. The Balaban J connectivity index is 1.84. The van der Waals surface area contributed by atoms with Gasteiger partial charge in [0.25, 0.3) is 0 Å². The first-order valence-corrected chi connectivity index (χ1v) is 9.27. The van der Waals surface area contributed by atoms with Crippen molar-refractivity contribution in [3.63, 3.8) is 0 Å². The summed E-state index contributed by atoms with van der Waals surface area (Å²) in [5.41, 5.74) is -0.00307. The molecule has 0 bridgehead atoms. The van der Waals surface area contributed by atoms with Crippen molar-refractivity contribution >= 4 is 0 Å². The van der Waals surface area contributed by atoms with Gasteiger partial charge in [-0.1, -0.05) is 39.5 Å². The molecule has 2 rings (SSSR count). The van der Waals surface area contributed by atoms with Crippen LogP contribution >= 0.6 is 0 Å². The van der Waals surface area contributed by atoms with Gasteiger partial charge in [-0.3, -0.25) is 0 Å². The highest BCUT2D eigenvalue weighted by Gasteiger charge is 2.42. The fraction of sp³-hybridized carbons (Fsp3) is 1.00. The second kappa shape index (κ2) is 8.50. The zero-order valence-corrected chi connectivity index (χ0v) is 14.2. The van der Waals surface area contributed by atoms with E-state index in [2.05, 4.69) is 24.1 Å². The molecule has 0 spiro atoms. The molecular weight excluding hydrogens is 260 g/mol. The third kappa shape index (κ3) is 4.94. The summed E-state index contributed by atoms with van der Waals surface area (Å²) in [5.74, 6) is 0.648. The molecule has 2 aliphatic rings. The van der Waals surface area contributed by atoms with Crippen molar-refractivity contribution in [1.29, 1.82) is 0 Å². The lowest BCUT2D eigenvalue weighted by Crippen LogP contribution is -2.54. The molecule has 0 radical (unpaired) electrons. The molecule has 0 aromatic carbocycles. The van der Waals surface area contributed by atoms with Crippen LogP contribution in [0.15, 0.2) is 0 Å². The average Bonchev–Trinajstić information content (AvgIpc) is 2.80. The van der Waals surface area contributed by atoms with Gasteiger partial charge in [0.15, 0.2) is 0 Å². The minimum Gasteiger partial charge on any atom is -0.394 e. The van der Waals surface area contributed by atoms with E-state index in [0.717, 1.165) is 6.42 Å². The standard InChI is InChI=1S/C18H36N2O/c1-16(2)19-18(15-21)11-8-9-17(18)10-14-20-12-6-4-3-5-7-13-20/h16-17,19,21H,3-15H2,1-2H3. The first-order valence-electron chi connectivity index (χ1n) is 9.27. The van der Waals surface area contributed by atoms with E-state index in [1.54, 1.807) is 0 Å². The highest BCUT2D eigenvalue weighted by Crippen LogP contribution is 2.38. The minimum absolute atomic E-state index is 0.00307. The fourth-order valence-corrected chi connectivity index (χ4v) is 4.46. The van der Waals surface area contributed by atoms with E-state index in [9.17, 15) is 5.11 Å². The van der Waals surface area contributed by atoms with Gasteiger partial charge in [-0.15, -0.1) is 0 Å². The number of nitrogens with one attached hydrogen (secondary N) is 1. The maximum atomic E-state index is 9.98. The number of aliphatic hydroxyl groups excluding tert-OH is 1. The molecule has 3 heteroatoms. The van der Waals surface area contributed by atoms with Crippen LogP contribution in [0.3, 0.4) is 0 Å². The molecule has 21 heavy (non-hydrogen) atoms. The van der Waals surface area contributed by atoms with Gasteiger partial charge in [-0.05, 0) is 57.7 Å². The summed E-state index contributed by atoms with van der Waals surface area (Å²) >= 11 is 0. The monoisotopic (exact) mass is 296 g/mol. The fourth-order valence-electron chi connectivity index (χ4n) is 4.46. The number of nitrogens with zero attached hydrogens (tertiary/aromatic N) is 1. The second-order valence-corrected chi connectivity index (χ2v) is 7.60. The van der Waals surface area contributed by atoms with Gasteiger partial charge in [0.1, 0.15) is 0 Å². The summed E-state index contributed by atoms with van der Waals surface area (Å²) in [4.78, 5) is 2.68. The topological polar surface area (TPSA) is 35.5 Å². The molecule has 3 nitrogen and oxygen atoms in total. The lowest BCUT2D eigenvalue weighted by atomic mass is 9.84. The molecule has 1 heterocycles. The highest BCUT2D eigenvalue weighted by molar-refractivity contribution is 5.00. The molecule has 1 saturated heterocycles. The molecule has 1 aliphatic carbocycles. The third-order valence-electron chi connectivity index (χ3n) is 5.56. The van der Waals surface area contributed by atoms with Crippen LogP contribution in [0, 0.1) is 5.92 Å². The average molecular weight is 296 g/mol. The van der Waals surface area contributed by atoms with E-state index in [4.69, 9.17) is 0 Å². The SMILES string of the molecule is CC(C)NC1(CO)CCCC1CCN1CCCCCCC1. The van der Waals surface area contributed by atoms with Crippen molar-refractivity contribution in [3.05, 3.63) is 0 Å². The van der Waals surface area contributed by atoms with Crippen molar-refractivity contribution in [1.82, 2.24) is 10.2 Å². The summed E-state index contributed by atoms with van der Waals surface area (Å²) in [7, 11) is 0. The molecule has 2 N–H and O–H groups in total. The normalized spacial score (nSPS) is 32.3. The maximum absolute atomic E-state index is 9.98. The van der Waals surface area contributed by atoms with E-state index < -0.39 is 0 Å². The first kappa shape index (κ1) is 17.2. The Morgan fingerprint density at radius 2 is 1.76 bits per heavy atom. The number of hydrogen-bond donors (Lipinski definition) is 2. The summed E-state index contributed by atoms with van der Waals surface area (Å²) in [6.07, 6.45) is 12.0. The van der Waals surface area contributed by atoms with Crippen LogP contribution in [-0.4, -0.2) is 47.8 Å². The number of aliphatic hydroxyl groups is 1. The molecule has 0 aromatic heterocycles. The van der Waals surface area contributed by atoms with Crippen LogP contribution in [-0.2, 0) is 0 Å². The Morgan fingerprint density at radius 1 is 1.10 bits per heavy atom. The number of likely N-dealkylation sites (tertiary alicyclic amines) is 1. The van der Waals surface area contributed by atoms with Gasteiger partial charge in [-0.2, -0.15) is 0 Å². The quantitative estimate of drug-likeness (QED) is 0.790. The molecule has 124 valence electrons. The van der Waals surface area contributed by atoms with Crippen LogP contribution in [0.2, 0.25) is 0 Å². The van der Waals surface area contributed by atoms with Crippen LogP contribution in [0.5, 0.6) is 0 Å². The van der Waals surface area contributed by atoms with Crippen LogP contribution < -0.4 is 5.32 Å². The van der Waals surface area contributed by atoms with Gasteiger partial charge in [0.2, 0.25) is 0 Å². The Bertz CT molecular complexity index is 287. The van der Waals surface area contributed by atoms with Gasteiger partial charge in [0, 0.05) is 11.6 Å². The smallest absolute Gasteiger partial charge is 0.0616 e. The van der Waals surface area contributed by atoms with Crippen molar-refractivity contribution in [2.45, 2.75) is 83.2 Å². The van der Waals surface area contributed by atoms with E-state index in [0.29, 0.717) is 18.6 Å². The highest BCUT2D eigenvalue weighted by atomic mass is 16.3. The third-order valence-corrected chi connectivity index (χ3v) is 5.56. The van der Waals surface area contributed by atoms with Crippen LogP contribution in [0.25, 0.3) is 0 Å². The molecule has 1 aliphatic heterocycles. The lowest BCUT2D eigenvalue weighted by Gasteiger charge is -2.38. The lowest BCUT2D eigenvalue weighted by molar-refractivity contribution is 0.102. The van der Waals surface area contributed by atoms with Gasteiger partial charge in [0.05, 0.1) is 6.61 Å². The zero-order valence-electron chi connectivity index (χ0n) is 14.2. The Kier molecular flexibility index (Phi) is 6.97. The van der Waals surface area contributed by atoms with E-state index >= 15 is 0 Å². The summed E-state index contributed by atoms with van der Waals surface area (Å²) in [6, 6.07) is 0.458. The molecule has 2 fully saturated rings. The van der Waals surface area contributed by atoms with Gasteiger partial charge in [-0.25, -0.2) is 0 Å². The maximum Gasteiger partial charge on any atom is 0.0616 e. The van der Waals surface area contributed by atoms with Gasteiger partial charge < -0.3 is 15.3 Å². The predicted octanol–water partition coefficient (Wildman–Crippen LogP) is 3.17. The second-order valence-electron chi connectivity index (χ2n) is 7.60. The molecule has 0 amide bonds. The van der Waals surface area contributed by atoms with Crippen molar-refractivity contribution in [2.24, 2.45) is 5.92 Å². The Labute approximate surface area is 131 Å². The predicted molar refractivity (Wildman–Crippen MR) is 89.6 cm³/mol. The number of hydrogen-bond acceptors (Lipinski definition) is 3. The molecule has 1 saturated carbocycles. The van der Waals surface area contributed by atoms with Gasteiger partial charge >= 0.3 is 0 Å². The Hall–Kier alpha value is -0.120. The van der Waals surface area contributed by atoms with Crippen LogP contribution in [0.1, 0.15) is 71.6 Å². The van der Waals surface area contributed by atoms with Crippen molar-refractivity contribution in [3.8, 4) is 0 Å². The molecule has 2 atom stereocenters. The van der Waals surface area contributed by atoms with Crippen molar-refractivity contribution in [2.75, 3.05) is 26.2 Å². The minimum atomic E-state index is -0.00307. The van der Waals surface area contributed by atoms with E-state index in [-0.39, 0.29) is 5.54 Å². The first-order chi connectivity index (χ1) is 10.2. The van der Waals surface area contributed by atoms with E-state index in [1.807, 2.05) is 0 Å². The largest absolute Gasteiger partial charge is 0.394 e. The van der Waals surface area contributed by atoms with E-state index in [1.165, 1.54) is 71.0 Å².